The molecule has 21 heavy (non-hydrogen) atoms. The molecule has 1 aromatic rings. The fourth-order valence-corrected chi connectivity index (χ4v) is 2.07. The lowest BCUT2D eigenvalue weighted by Crippen LogP contribution is -2.26. The Hall–Kier alpha value is -2.35. The average molecular weight is 289 g/mol. The van der Waals surface area contributed by atoms with E-state index in [4.69, 9.17) is 9.47 Å². The number of ether oxygens (including phenoxy) is 2. The zero-order valence-corrected chi connectivity index (χ0v) is 12.2. The highest BCUT2D eigenvalue weighted by Gasteiger charge is 2.33. The van der Waals surface area contributed by atoms with Gasteiger partial charge >= 0.3 is 11.9 Å². The van der Waals surface area contributed by atoms with Crippen molar-refractivity contribution < 1.29 is 19.1 Å². The van der Waals surface area contributed by atoms with Gasteiger partial charge in [-0.3, -0.25) is 9.59 Å². The van der Waals surface area contributed by atoms with E-state index in [1.807, 2.05) is 12.1 Å². The molecule has 0 aliphatic heterocycles. The Morgan fingerprint density at radius 3 is 2.29 bits per heavy atom. The highest BCUT2D eigenvalue weighted by atomic mass is 16.5. The molecule has 112 valence electrons. The maximum absolute atomic E-state index is 11.9. The summed E-state index contributed by atoms with van der Waals surface area (Å²) in [5, 5.41) is 9.29. The van der Waals surface area contributed by atoms with Crippen LogP contribution in [0.25, 0.3) is 0 Å². The third-order valence-corrected chi connectivity index (χ3v) is 3.00. The van der Waals surface area contributed by atoms with Crippen molar-refractivity contribution in [1.82, 2.24) is 0 Å². The molecule has 5 nitrogen and oxygen atoms in total. The van der Waals surface area contributed by atoms with Crippen LogP contribution in [0.15, 0.2) is 30.3 Å². The molecule has 0 aromatic heterocycles. The molecule has 1 aromatic carbocycles. The lowest BCUT2D eigenvalue weighted by Gasteiger charge is -2.20. The highest BCUT2D eigenvalue weighted by Crippen LogP contribution is 2.29. The van der Waals surface area contributed by atoms with Gasteiger partial charge < -0.3 is 9.47 Å². The van der Waals surface area contributed by atoms with E-state index < -0.39 is 23.8 Å². The molecular weight excluding hydrogens is 270 g/mol. The van der Waals surface area contributed by atoms with Crippen LogP contribution >= 0.6 is 0 Å². The molecule has 0 amide bonds. The van der Waals surface area contributed by atoms with E-state index in [9.17, 15) is 14.9 Å². The van der Waals surface area contributed by atoms with Crippen molar-refractivity contribution in [3.63, 3.8) is 0 Å². The van der Waals surface area contributed by atoms with Crippen LogP contribution in [0.4, 0.5) is 0 Å². The summed E-state index contributed by atoms with van der Waals surface area (Å²) in [7, 11) is 0. The second-order valence-corrected chi connectivity index (χ2v) is 4.39. The Morgan fingerprint density at radius 2 is 1.76 bits per heavy atom. The molecule has 0 fully saturated rings. The smallest absolute Gasteiger partial charge is 0.323 e. The van der Waals surface area contributed by atoms with Crippen LogP contribution in [-0.2, 0) is 19.1 Å². The van der Waals surface area contributed by atoms with Crippen LogP contribution in [0.1, 0.15) is 31.7 Å². The minimum absolute atomic E-state index is 0.0328. The number of carbonyl (C=O) groups is 2. The number of rotatable bonds is 7. The van der Waals surface area contributed by atoms with E-state index in [1.54, 1.807) is 38.1 Å². The standard InChI is InChI=1S/C16H19NO4/c1-3-20-15(18)10-13(12-8-6-5-7-9-12)14(11-17)16(19)21-4-2/h5-9,13-14H,3-4,10H2,1-2H3. The zero-order chi connectivity index (χ0) is 15.7. The summed E-state index contributed by atoms with van der Waals surface area (Å²) < 4.78 is 9.85. The minimum atomic E-state index is -1.03. The molecule has 1 rings (SSSR count). The van der Waals surface area contributed by atoms with Crippen LogP contribution in [0, 0.1) is 17.2 Å². The monoisotopic (exact) mass is 289 g/mol. The van der Waals surface area contributed by atoms with Gasteiger partial charge in [-0.1, -0.05) is 30.3 Å². The molecule has 0 aliphatic carbocycles. The van der Waals surface area contributed by atoms with E-state index in [-0.39, 0.29) is 19.6 Å². The normalized spacial score (nSPS) is 12.8. The van der Waals surface area contributed by atoms with Crippen molar-refractivity contribution in [2.45, 2.75) is 26.2 Å². The van der Waals surface area contributed by atoms with Gasteiger partial charge in [0.2, 0.25) is 0 Å². The van der Waals surface area contributed by atoms with Gasteiger partial charge in [0, 0.05) is 5.92 Å². The maximum Gasteiger partial charge on any atom is 0.323 e. The summed E-state index contributed by atoms with van der Waals surface area (Å²) in [5.74, 6) is -2.65. The molecule has 0 saturated heterocycles. The Kier molecular flexibility index (Phi) is 6.96. The predicted octanol–water partition coefficient (Wildman–Crippen LogP) is 2.43. The first-order chi connectivity index (χ1) is 10.1. The van der Waals surface area contributed by atoms with Crippen molar-refractivity contribution in [1.29, 1.82) is 5.26 Å². The molecular formula is C16H19NO4. The predicted molar refractivity (Wildman–Crippen MR) is 76.2 cm³/mol. The van der Waals surface area contributed by atoms with Gasteiger partial charge in [0.15, 0.2) is 5.92 Å². The summed E-state index contributed by atoms with van der Waals surface area (Å²) in [6.07, 6.45) is -0.0328. The summed E-state index contributed by atoms with van der Waals surface area (Å²) in [5.41, 5.74) is 0.741. The van der Waals surface area contributed by atoms with Crippen LogP contribution in [0.2, 0.25) is 0 Å². The van der Waals surface area contributed by atoms with Gasteiger partial charge in [0.25, 0.3) is 0 Å². The van der Waals surface area contributed by atoms with Crippen molar-refractivity contribution in [3.05, 3.63) is 35.9 Å². The number of carbonyl (C=O) groups excluding carboxylic acids is 2. The zero-order valence-electron chi connectivity index (χ0n) is 12.2. The number of nitrogens with zero attached hydrogens (tertiary/aromatic N) is 1. The SMILES string of the molecule is CCOC(=O)CC(c1ccccc1)C(C#N)C(=O)OCC. The topological polar surface area (TPSA) is 76.4 Å². The summed E-state index contributed by atoms with van der Waals surface area (Å²) in [4.78, 5) is 23.7. The van der Waals surface area contributed by atoms with Crippen molar-refractivity contribution in [2.75, 3.05) is 13.2 Å². The van der Waals surface area contributed by atoms with Gasteiger partial charge in [-0.2, -0.15) is 5.26 Å². The second-order valence-electron chi connectivity index (χ2n) is 4.39. The van der Waals surface area contributed by atoms with Crippen LogP contribution < -0.4 is 0 Å². The Labute approximate surface area is 124 Å². The first-order valence-corrected chi connectivity index (χ1v) is 6.90. The number of hydrogen-bond donors (Lipinski definition) is 0. The molecule has 0 bridgehead atoms. The van der Waals surface area contributed by atoms with Crippen molar-refractivity contribution in [3.8, 4) is 6.07 Å². The highest BCUT2D eigenvalue weighted by molar-refractivity contribution is 5.79. The van der Waals surface area contributed by atoms with E-state index in [0.717, 1.165) is 5.56 Å². The molecule has 2 atom stereocenters. The molecule has 0 saturated carbocycles. The first-order valence-electron chi connectivity index (χ1n) is 6.90. The molecule has 0 aliphatic rings. The third-order valence-electron chi connectivity index (χ3n) is 3.00. The number of hydrogen-bond acceptors (Lipinski definition) is 5. The van der Waals surface area contributed by atoms with Crippen molar-refractivity contribution >= 4 is 11.9 Å². The second kappa shape index (κ2) is 8.75. The summed E-state index contributed by atoms with van der Waals surface area (Å²) in [6.45, 7) is 3.84. The van der Waals surface area contributed by atoms with Crippen LogP contribution in [-0.4, -0.2) is 25.2 Å². The molecule has 2 unspecified atom stereocenters. The van der Waals surface area contributed by atoms with E-state index >= 15 is 0 Å². The largest absolute Gasteiger partial charge is 0.466 e. The van der Waals surface area contributed by atoms with Gasteiger partial charge in [-0.15, -0.1) is 0 Å². The quantitative estimate of drug-likeness (QED) is 0.720. The van der Waals surface area contributed by atoms with E-state index in [2.05, 4.69) is 0 Å². The molecule has 0 radical (unpaired) electrons. The van der Waals surface area contributed by atoms with Gasteiger partial charge in [-0.05, 0) is 19.4 Å². The van der Waals surface area contributed by atoms with Crippen LogP contribution in [0.5, 0.6) is 0 Å². The lowest BCUT2D eigenvalue weighted by molar-refractivity contribution is -0.148. The fraction of sp³-hybridized carbons (Fsp3) is 0.438. The number of benzene rings is 1. The molecule has 0 heterocycles. The molecule has 0 spiro atoms. The minimum Gasteiger partial charge on any atom is -0.466 e. The molecule has 5 heteroatoms. The molecule has 0 N–H and O–H groups in total. The van der Waals surface area contributed by atoms with Crippen LogP contribution in [0.3, 0.4) is 0 Å². The fourth-order valence-electron chi connectivity index (χ4n) is 2.07. The first kappa shape index (κ1) is 16.7. The van der Waals surface area contributed by atoms with E-state index in [1.165, 1.54) is 0 Å². The van der Waals surface area contributed by atoms with Gasteiger partial charge in [0.1, 0.15) is 0 Å². The van der Waals surface area contributed by atoms with Gasteiger partial charge in [0.05, 0.1) is 25.7 Å². The van der Waals surface area contributed by atoms with Crippen molar-refractivity contribution in [2.24, 2.45) is 5.92 Å². The maximum atomic E-state index is 11.9. The summed E-state index contributed by atoms with van der Waals surface area (Å²) in [6, 6.07) is 10.9. The average Bonchev–Trinajstić information content (AvgIpc) is 2.48. The lowest BCUT2D eigenvalue weighted by atomic mass is 9.84. The third kappa shape index (κ3) is 4.92. The Morgan fingerprint density at radius 1 is 1.14 bits per heavy atom. The van der Waals surface area contributed by atoms with E-state index in [0.29, 0.717) is 0 Å². The van der Waals surface area contributed by atoms with Gasteiger partial charge in [-0.25, -0.2) is 0 Å². The Bertz CT molecular complexity index is 507. The summed E-state index contributed by atoms with van der Waals surface area (Å²) >= 11 is 0. The Balaban J connectivity index is 3.03. The number of esters is 2. The number of nitriles is 1.